The quantitative estimate of drug-likeness (QED) is 0.707. The molecular formula is C19H23Cl2N3O3S. The molecule has 0 aliphatic heterocycles. The van der Waals surface area contributed by atoms with Crippen LogP contribution in [0.5, 0.6) is 0 Å². The van der Waals surface area contributed by atoms with Crippen LogP contribution in [0.4, 0.5) is 5.69 Å². The van der Waals surface area contributed by atoms with E-state index in [1.165, 1.54) is 26.2 Å². The summed E-state index contributed by atoms with van der Waals surface area (Å²) >= 11 is 12.2. The van der Waals surface area contributed by atoms with Crippen molar-refractivity contribution in [1.29, 1.82) is 0 Å². The topological polar surface area (TPSA) is 69.7 Å². The van der Waals surface area contributed by atoms with Crippen LogP contribution in [0.2, 0.25) is 10.0 Å². The first-order valence-electron chi connectivity index (χ1n) is 8.50. The Kier molecular flexibility index (Phi) is 7.47. The van der Waals surface area contributed by atoms with Gasteiger partial charge in [-0.2, -0.15) is 0 Å². The molecule has 1 unspecified atom stereocenters. The van der Waals surface area contributed by atoms with E-state index in [0.29, 0.717) is 17.3 Å². The number of carbonyl (C=O) groups excluding carboxylic acids is 1. The van der Waals surface area contributed by atoms with Crippen LogP contribution in [0.3, 0.4) is 0 Å². The lowest BCUT2D eigenvalue weighted by molar-refractivity contribution is -0.120. The lowest BCUT2D eigenvalue weighted by atomic mass is 10.2. The lowest BCUT2D eigenvalue weighted by Crippen LogP contribution is -2.39. The van der Waals surface area contributed by atoms with Crippen LogP contribution < -0.4 is 5.32 Å². The van der Waals surface area contributed by atoms with Crippen molar-refractivity contribution >= 4 is 44.8 Å². The van der Waals surface area contributed by atoms with Crippen LogP contribution in [-0.2, 0) is 21.4 Å². The fraction of sp³-hybridized carbons (Fsp3) is 0.316. The average Bonchev–Trinajstić information content (AvgIpc) is 2.64. The van der Waals surface area contributed by atoms with Crippen LogP contribution in [0.25, 0.3) is 0 Å². The molecule has 28 heavy (non-hydrogen) atoms. The number of carbonyl (C=O) groups is 1. The van der Waals surface area contributed by atoms with Gasteiger partial charge in [-0.05, 0) is 43.8 Å². The number of halogens is 2. The van der Waals surface area contributed by atoms with Crippen molar-refractivity contribution in [3.63, 3.8) is 0 Å². The molecule has 0 radical (unpaired) electrons. The Bertz CT molecular complexity index is 965. The second-order valence-corrected chi connectivity index (χ2v) is 9.54. The molecule has 0 bridgehead atoms. The number of benzene rings is 2. The minimum absolute atomic E-state index is 0.0611. The number of hydrogen-bond donors (Lipinski definition) is 1. The van der Waals surface area contributed by atoms with Crippen LogP contribution in [0.1, 0.15) is 12.5 Å². The first-order chi connectivity index (χ1) is 13.0. The van der Waals surface area contributed by atoms with Gasteiger partial charge in [0.2, 0.25) is 15.9 Å². The molecule has 0 saturated carbocycles. The van der Waals surface area contributed by atoms with E-state index in [0.717, 1.165) is 9.87 Å². The number of hydrogen-bond acceptors (Lipinski definition) is 4. The van der Waals surface area contributed by atoms with Gasteiger partial charge in [0.25, 0.3) is 0 Å². The minimum Gasteiger partial charge on any atom is -0.325 e. The van der Waals surface area contributed by atoms with Gasteiger partial charge < -0.3 is 5.32 Å². The van der Waals surface area contributed by atoms with Crippen molar-refractivity contribution in [3.05, 3.63) is 58.1 Å². The summed E-state index contributed by atoms with van der Waals surface area (Å²) in [5.74, 6) is -0.273. The number of sulfonamides is 1. The van der Waals surface area contributed by atoms with Crippen LogP contribution in [0.15, 0.2) is 47.4 Å². The Morgan fingerprint density at radius 3 is 2.32 bits per heavy atom. The monoisotopic (exact) mass is 443 g/mol. The molecule has 6 nitrogen and oxygen atoms in total. The largest absolute Gasteiger partial charge is 0.325 e. The van der Waals surface area contributed by atoms with Crippen molar-refractivity contribution in [1.82, 2.24) is 9.21 Å². The fourth-order valence-corrected chi connectivity index (χ4v) is 4.04. The van der Waals surface area contributed by atoms with Gasteiger partial charge >= 0.3 is 0 Å². The van der Waals surface area contributed by atoms with E-state index in [9.17, 15) is 13.2 Å². The standard InChI is InChI=1S/C19H23Cl2N3O3S/c1-13(24(4)12-14-7-5-6-8-16(14)20)19(25)22-15-9-10-17(21)18(11-15)28(26,27)23(2)3/h5-11,13H,12H2,1-4H3,(H,22,25). The molecule has 9 heteroatoms. The van der Waals surface area contributed by atoms with Gasteiger partial charge in [0.05, 0.1) is 11.1 Å². The molecule has 0 saturated heterocycles. The molecule has 152 valence electrons. The number of rotatable bonds is 7. The van der Waals surface area contributed by atoms with Crippen molar-refractivity contribution in [3.8, 4) is 0 Å². The maximum Gasteiger partial charge on any atom is 0.244 e. The van der Waals surface area contributed by atoms with E-state index in [1.807, 2.05) is 30.1 Å². The summed E-state index contributed by atoms with van der Waals surface area (Å²) in [5.41, 5.74) is 1.27. The summed E-state index contributed by atoms with van der Waals surface area (Å²) in [4.78, 5) is 14.4. The third-order valence-electron chi connectivity index (χ3n) is 4.38. The zero-order chi connectivity index (χ0) is 21.1. The molecule has 2 aromatic rings. The maximum absolute atomic E-state index is 12.6. The van der Waals surface area contributed by atoms with Crippen LogP contribution in [-0.4, -0.2) is 50.7 Å². The third-order valence-corrected chi connectivity index (χ3v) is 7.04. The smallest absolute Gasteiger partial charge is 0.244 e. The van der Waals surface area contributed by atoms with Gasteiger partial charge in [0, 0.05) is 31.4 Å². The summed E-state index contributed by atoms with van der Waals surface area (Å²) in [5, 5.41) is 3.48. The summed E-state index contributed by atoms with van der Waals surface area (Å²) in [6.45, 7) is 2.26. The Morgan fingerprint density at radius 2 is 1.71 bits per heavy atom. The van der Waals surface area contributed by atoms with Gasteiger partial charge in [-0.15, -0.1) is 0 Å². The highest BCUT2D eigenvalue weighted by molar-refractivity contribution is 7.89. The minimum atomic E-state index is -3.72. The fourth-order valence-electron chi connectivity index (χ4n) is 2.45. The first kappa shape index (κ1) is 22.6. The van der Waals surface area contributed by atoms with E-state index >= 15 is 0 Å². The second kappa shape index (κ2) is 9.24. The van der Waals surface area contributed by atoms with E-state index < -0.39 is 16.1 Å². The zero-order valence-electron chi connectivity index (χ0n) is 16.1. The Morgan fingerprint density at radius 1 is 1.07 bits per heavy atom. The van der Waals surface area contributed by atoms with Crippen molar-refractivity contribution < 1.29 is 13.2 Å². The number of nitrogens with one attached hydrogen (secondary N) is 1. The normalized spacial score (nSPS) is 13.0. The Hall–Kier alpha value is -1.64. The summed E-state index contributed by atoms with van der Waals surface area (Å²) in [6, 6.07) is 11.3. The van der Waals surface area contributed by atoms with Gasteiger partial charge in [-0.1, -0.05) is 41.4 Å². The van der Waals surface area contributed by atoms with Crippen molar-refractivity contribution in [2.75, 3.05) is 26.5 Å². The zero-order valence-corrected chi connectivity index (χ0v) is 18.4. The number of anilines is 1. The van der Waals surface area contributed by atoms with Gasteiger partial charge in [-0.3, -0.25) is 9.69 Å². The van der Waals surface area contributed by atoms with Crippen molar-refractivity contribution in [2.45, 2.75) is 24.4 Å². The van der Waals surface area contributed by atoms with Gasteiger partial charge in [0.15, 0.2) is 0 Å². The van der Waals surface area contributed by atoms with E-state index in [1.54, 1.807) is 19.1 Å². The Labute approximate surface area is 176 Å². The third kappa shape index (κ3) is 5.24. The number of likely N-dealkylation sites (N-methyl/N-ethyl adjacent to an activating group) is 1. The molecular weight excluding hydrogens is 421 g/mol. The number of amides is 1. The highest BCUT2D eigenvalue weighted by Crippen LogP contribution is 2.27. The average molecular weight is 444 g/mol. The maximum atomic E-state index is 12.6. The summed E-state index contributed by atoms with van der Waals surface area (Å²) in [7, 11) is 0.933. The summed E-state index contributed by atoms with van der Waals surface area (Å²) in [6.07, 6.45) is 0. The highest BCUT2D eigenvalue weighted by Gasteiger charge is 2.23. The SMILES string of the molecule is CC(C(=O)Nc1ccc(Cl)c(S(=O)(=O)N(C)C)c1)N(C)Cc1ccccc1Cl. The molecule has 0 heterocycles. The van der Waals surface area contributed by atoms with Crippen molar-refractivity contribution in [2.24, 2.45) is 0 Å². The Balaban J connectivity index is 2.15. The molecule has 2 aromatic carbocycles. The first-order valence-corrected chi connectivity index (χ1v) is 10.7. The van der Waals surface area contributed by atoms with Crippen LogP contribution >= 0.6 is 23.2 Å². The molecule has 2 rings (SSSR count). The lowest BCUT2D eigenvalue weighted by Gasteiger charge is -2.24. The summed E-state index contributed by atoms with van der Waals surface area (Å²) < 4.78 is 25.8. The molecule has 0 aliphatic rings. The molecule has 0 aliphatic carbocycles. The molecule has 1 atom stereocenters. The molecule has 1 N–H and O–H groups in total. The van der Waals surface area contributed by atoms with E-state index in [2.05, 4.69) is 5.32 Å². The highest BCUT2D eigenvalue weighted by atomic mass is 35.5. The molecule has 0 spiro atoms. The molecule has 0 aromatic heterocycles. The predicted molar refractivity (Wildman–Crippen MR) is 113 cm³/mol. The predicted octanol–water partition coefficient (Wildman–Crippen LogP) is 3.70. The van der Waals surface area contributed by atoms with Gasteiger partial charge in [0.1, 0.15) is 4.90 Å². The van der Waals surface area contributed by atoms with Crippen LogP contribution in [0, 0.1) is 0 Å². The number of nitrogens with zero attached hydrogens (tertiary/aromatic N) is 2. The molecule has 1 amide bonds. The van der Waals surface area contributed by atoms with E-state index in [4.69, 9.17) is 23.2 Å². The second-order valence-electron chi connectivity index (χ2n) is 6.60. The van der Waals surface area contributed by atoms with E-state index in [-0.39, 0.29) is 15.8 Å². The molecule has 0 fully saturated rings. The van der Waals surface area contributed by atoms with Gasteiger partial charge in [-0.25, -0.2) is 12.7 Å².